The first-order valence-corrected chi connectivity index (χ1v) is 5.64. The lowest BCUT2D eigenvalue weighted by atomic mass is 10.1. The van der Waals surface area contributed by atoms with E-state index in [4.69, 9.17) is 5.73 Å². The van der Waals surface area contributed by atoms with Crippen LogP contribution in [-0.4, -0.2) is 35.5 Å². The molecule has 1 rings (SSSR count). The average Bonchev–Trinajstić information content (AvgIpc) is 2.16. The highest BCUT2D eigenvalue weighted by Crippen LogP contribution is 2.15. The van der Waals surface area contributed by atoms with Crippen molar-refractivity contribution in [2.75, 3.05) is 20.6 Å². The zero-order valence-corrected chi connectivity index (χ0v) is 10.9. The van der Waals surface area contributed by atoms with E-state index in [9.17, 15) is 0 Å². The summed E-state index contributed by atoms with van der Waals surface area (Å²) in [5.41, 5.74) is 8.76. The van der Waals surface area contributed by atoms with Gasteiger partial charge in [-0.1, -0.05) is 6.92 Å². The van der Waals surface area contributed by atoms with E-state index in [1.54, 1.807) is 0 Å². The second-order valence-corrected chi connectivity index (χ2v) is 4.60. The van der Waals surface area contributed by atoms with Gasteiger partial charge in [0.05, 0.1) is 0 Å². The molecule has 0 saturated carbocycles. The van der Waals surface area contributed by atoms with Crippen LogP contribution in [0.2, 0.25) is 0 Å². The van der Waals surface area contributed by atoms with E-state index in [2.05, 4.69) is 35.9 Å². The van der Waals surface area contributed by atoms with Crippen molar-refractivity contribution in [1.29, 1.82) is 0 Å². The molecule has 1 unspecified atom stereocenters. The molecule has 1 heterocycles. The molecule has 90 valence electrons. The van der Waals surface area contributed by atoms with Crippen LogP contribution in [-0.2, 0) is 6.54 Å². The summed E-state index contributed by atoms with van der Waals surface area (Å²) in [4.78, 5) is 11.2. The Balaban J connectivity index is 2.99. The van der Waals surface area contributed by atoms with Gasteiger partial charge in [0.2, 0.25) is 0 Å². The van der Waals surface area contributed by atoms with Gasteiger partial charge in [-0.15, -0.1) is 0 Å². The van der Waals surface area contributed by atoms with Gasteiger partial charge in [0.1, 0.15) is 5.82 Å². The molecule has 1 aromatic heterocycles. The standard InChI is InChI=1S/C12H22N4/c1-8(7-16(4)5)12-14-9(2)11(6-13)10(3)15-12/h8H,6-7,13H2,1-5H3. The van der Waals surface area contributed by atoms with Crippen LogP contribution in [0, 0.1) is 13.8 Å². The largest absolute Gasteiger partial charge is 0.326 e. The first-order chi connectivity index (χ1) is 7.45. The van der Waals surface area contributed by atoms with Gasteiger partial charge in [-0.2, -0.15) is 0 Å². The van der Waals surface area contributed by atoms with Gasteiger partial charge >= 0.3 is 0 Å². The van der Waals surface area contributed by atoms with E-state index in [0.29, 0.717) is 12.5 Å². The number of aryl methyl sites for hydroxylation is 2. The van der Waals surface area contributed by atoms with Crippen molar-refractivity contribution in [2.45, 2.75) is 33.2 Å². The fourth-order valence-corrected chi connectivity index (χ4v) is 1.91. The third-order valence-electron chi connectivity index (χ3n) is 2.72. The Kier molecular flexibility index (Phi) is 4.38. The van der Waals surface area contributed by atoms with E-state index in [1.807, 2.05) is 13.8 Å². The minimum Gasteiger partial charge on any atom is -0.326 e. The van der Waals surface area contributed by atoms with Crippen molar-refractivity contribution in [3.63, 3.8) is 0 Å². The maximum absolute atomic E-state index is 5.67. The zero-order chi connectivity index (χ0) is 12.3. The molecule has 0 aliphatic rings. The Hall–Kier alpha value is -1.00. The smallest absolute Gasteiger partial charge is 0.132 e. The lowest BCUT2D eigenvalue weighted by molar-refractivity contribution is 0.376. The van der Waals surface area contributed by atoms with E-state index in [1.165, 1.54) is 0 Å². The Morgan fingerprint density at radius 1 is 1.19 bits per heavy atom. The molecule has 2 N–H and O–H groups in total. The summed E-state index contributed by atoms with van der Waals surface area (Å²) in [7, 11) is 4.12. The molecular formula is C12H22N4. The van der Waals surface area contributed by atoms with Gasteiger partial charge in [0.25, 0.3) is 0 Å². The molecular weight excluding hydrogens is 200 g/mol. The topological polar surface area (TPSA) is 55.0 Å². The van der Waals surface area contributed by atoms with Crippen LogP contribution in [0.1, 0.15) is 35.6 Å². The highest BCUT2D eigenvalue weighted by molar-refractivity contribution is 5.24. The number of likely N-dealkylation sites (N-methyl/N-ethyl adjacent to an activating group) is 1. The first kappa shape index (κ1) is 13.1. The molecule has 0 amide bonds. The van der Waals surface area contributed by atoms with Gasteiger partial charge in [-0.25, -0.2) is 9.97 Å². The summed E-state index contributed by atoms with van der Waals surface area (Å²) in [5, 5.41) is 0. The molecule has 0 fully saturated rings. The second-order valence-electron chi connectivity index (χ2n) is 4.60. The Labute approximate surface area is 97.9 Å². The van der Waals surface area contributed by atoms with Gasteiger partial charge < -0.3 is 10.6 Å². The monoisotopic (exact) mass is 222 g/mol. The molecule has 0 radical (unpaired) electrons. The van der Waals surface area contributed by atoms with Crippen molar-refractivity contribution < 1.29 is 0 Å². The fraction of sp³-hybridized carbons (Fsp3) is 0.667. The quantitative estimate of drug-likeness (QED) is 0.832. The summed E-state index contributed by atoms with van der Waals surface area (Å²) in [5.74, 6) is 1.26. The van der Waals surface area contributed by atoms with Crippen LogP contribution < -0.4 is 5.73 Å². The molecule has 0 aliphatic heterocycles. The molecule has 0 bridgehead atoms. The summed E-state index contributed by atoms with van der Waals surface area (Å²) in [6.07, 6.45) is 0. The third kappa shape index (κ3) is 3.00. The van der Waals surface area contributed by atoms with Gasteiger partial charge in [0, 0.05) is 36.0 Å². The molecule has 16 heavy (non-hydrogen) atoms. The first-order valence-electron chi connectivity index (χ1n) is 5.64. The summed E-state index contributed by atoms with van der Waals surface area (Å²) >= 11 is 0. The minimum atomic E-state index is 0.347. The maximum atomic E-state index is 5.67. The summed E-state index contributed by atoms with van der Waals surface area (Å²) < 4.78 is 0. The second kappa shape index (κ2) is 5.37. The number of hydrogen-bond acceptors (Lipinski definition) is 4. The highest BCUT2D eigenvalue weighted by Gasteiger charge is 2.13. The van der Waals surface area contributed by atoms with Crippen molar-refractivity contribution in [2.24, 2.45) is 5.73 Å². The van der Waals surface area contributed by atoms with E-state index < -0.39 is 0 Å². The molecule has 1 atom stereocenters. The Morgan fingerprint density at radius 2 is 1.69 bits per heavy atom. The Morgan fingerprint density at radius 3 is 2.06 bits per heavy atom. The fourth-order valence-electron chi connectivity index (χ4n) is 1.91. The molecule has 0 spiro atoms. The lowest BCUT2D eigenvalue weighted by Crippen LogP contribution is -2.21. The van der Waals surface area contributed by atoms with Crippen LogP contribution >= 0.6 is 0 Å². The van der Waals surface area contributed by atoms with E-state index in [0.717, 1.165) is 29.3 Å². The molecule has 0 saturated heterocycles. The summed E-state index contributed by atoms with van der Waals surface area (Å²) in [6.45, 7) is 7.63. The molecule has 0 aromatic carbocycles. The van der Waals surface area contributed by atoms with Crippen molar-refractivity contribution in [1.82, 2.24) is 14.9 Å². The van der Waals surface area contributed by atoms with Crippen molar-refractivity contribution in [3.8, 4) is 0 Å². The number of nitrogens with two attached hydrogens (primary N) is 1. The van der Waals surface area contributed by atoms with Crippen LogP contribution in [0.15, 0.2) is 0 Å². The van der Waals surface area contributed by atoms with Gasteiger partial charge in [0.15, 0.2) is 0 Å². The van der Waals surface area contributed by atoms with Gasteiger partial charge in [-0.3, -0.25) is 0 Å². The normalized spacial score (nSPS) is 13.2. The molecule has 0 aliphatic carbocycles. The zero-order valence-electron chi connectivity index (χ0n) is 10.9. The van der Waals surface area contributed by atoms with Crippen LogP contribution in [0.3, 0.4) is 0 Å². The predicted octanol–water partition coefficient (Wildman–Crippen LogP) is 1.22. The molecule has 4 heteroatoms. The average molecular weight is 222 g/mol. The third-order valence-corrected chi connectivity index (χ3v) is 2.72. The van der Waals surface area contributed by atoms with Crippen molar-refractivity contribution in [3.05, 3.63) is 22.8 Å². The van der Waals surface area contributed by atoms with Crippen LogP contribution in [0.4, 0.5) is 0 Å². The molecule has 4 nitrogen and oxygen atoms in total. The minimum absolute atomic E-state index is 0.347. The lowest BCUT2D eigenvalue weighted by Gasteiger charge is -2.17. The number of aromatic nitrogens is 2. The van der Waals surface area contributed by atoms with E-state index in [-0.39, 0.29) is 0 Å². The van der Waals surface area contributed by atoms with Crippen molar-refractivity contribution >= 4 is 0 Å². The summed E-state index contributed by atoms with van der Waals surface area (Å²) in [6, 6.07) is 0. The Bertz CT molecular complexity index is 337. The predicted molar refractivity (Wildman–Crippen MR) is 66.4 cm³/mol. The van der Waals surface area contributed by atoms with Crippen LogP contribution in [0.5, 0.6) is 0 Å². The molecule has 1 aromatic rings. The maximum Gasteiger partial charge on any atom is 0.132 e. The number of nitrogens with zero attached hydrogens (tertiary/aromatic N) is 3. The highest BCUT2D eigenvalue weighted by atomic mass is 15.1. The number of rotatable bonds is 4. The van der Waals surface area contributed by atoms with Gasteiger partial charge in [-0.05, 0) is 27.9 Å². The van der Waals surface area contributed by atoms with Crippen LogP contribution in [0.25, 0.3) is 0 Å². The number of hydrogen-bond donors (Lipinski definition) is 1. The van der Waals surface area contributed by atoms with E-state index >= 15 is 0 Å². The SMILES string of the molecule is Cc1nc(C(C)CN(C)C)nc(C)c1CN.